The molecule has 0 amide bonds. The lowest BCUT2D eigenvalue weighted by Gasteiger charge is -2.37. The van der Waals surface area contributed by atoms with Crippen LogP contribution in [-0.2, 0) is 10.8 Å². The van der Waals surface area contributed by atoms with E-state index in [1.807, 2.05) is 0 Å². The van der Waals surface area contributed by atoms with Crippen LogP contribution in [0.4, 0.5) is 17.1 Å². The van der Waals surface area contributed by atoms with Crippen molar-refractivity contribution in [3.8, 4) is 66.8 Å². The lowest BCUT2D eigenvalue weighted by atomic mass is 9.70. The Hall–Kier alpha value is -8.78. The van der Waals surface area contributed by atoms with Gasteiger partial charge >= 0.3 is 0 Å². The minimum absolute atomic E-state index is 0.499. The number of benzene rings is 11. The third-order valence-electron chi connectivity index (χ3n) is 15.9. The van der Waals surface area contributed by atoms with Crippen molar-refractivity contribution in [3.05, 3.63) is 305 Å². The molecule has 4 aliphatic rings. The Kier molecular flexibility index (Phi) is 7.98. The van der Waals surface area contributed by atoms with E-state index in [0.29, 0.717) is 0 Å². The summed E-state index contributed by atoms with van der Waals surface area (Å²) in [5, 5.41) is 0. The van der Waals surface area contributed by atoms with Crippen molar-refractivity contribution < 1.29 is 0 Å². The Morgan fingerprint density at radius 3 is 1.07 bits per heavy atom. The summed E-state index contributed by atoms with van der Waals surface area (Å²) in [4.78, 5) is 2.65. The second kappa shape index (κ2) is 14.4. The van der Waals surface area contributed by atoms with Crippen molar-refractivity contribution in [2.24, 2.45) is 0 Å². The van der Waals surface area contributed by atoms with E-state index in [1.54, 1.807) is 0 Å². The van der Waals surface area contributed by atoms with Crippen LogP contribution in [0, 0.1) is 0 Å². The zero-order valence-electron chi connectivity index (χ0n) is 37.8. The second-order valence-corrected chi connectivity index (χ2v) is 19.0. The molecule has 0 bridgehead atoms. The van der Waals surface area contributed by atoms with Crippen LogP contribution in [0.5, 0.6) is 0 Å². The molecule has 0 aliphatic heterocycles. The van der Waals surface area contributed by atoms with Gasteiger partial charge in [0.25, 0.3) is 0 Å². The quantitative estimate of drug-likeness (QED) is 0.167. The molecule has 15 rings (SSSR count). The largest absolute Gasteiger partial charge is 0.309 e. The molecule has 11 aromatic carbocycles. The third kappa shape index (κ3) is 4.98. The van der Waals surface area contributed by atoms with Crippen LogP contribution in [0.3, 0.4) is 0 Å². The highest BCUT2D eigenvalue weighted by atomic mass is 15.2. The summed E-state index contributed by atoms with van der Waals surface area (Å²) in [6.07, 6.45) is 0. The van der Waals surface area contributed by atoms with Crippen molar-refractivity contribution in [1.82, 2.24) is 0 Å². The van der Waals surface area contributed by atoms with Crippen LogP contribution in [0.25, 0.3) is 66.8 Å². The summed E-state index contributed by atoms with van der Waals surface area (Å²) in [6.45, 7) is 0. The van der Waals surface area contributed by atoms with Gasteiger partial charge in [0, 0.05) is 16.8 Å². The first kappa shape index (κ1) is 38.3. The molecule has 0 saturated carbocycles. The van der Waals surface area contributed by atoms with Crippen LogP contribution in [0.15, 0.2) is 261 Å². The first-order valence-electron chi connectivity index (χ1n) is 24.2. The number of hydrogen-bond acceptors (Lipinski definition) is 1. The fourth-order valence-electron chi connectivity index (χ4n) is 13.4. The molecule has 0 unspecified atom stereocenters. The van der Waals surface area contributed by atoms with Crippen molar-refractivity contribution in [1.29, 1.82) is 0 Å². The molecule has 11 aromatic rings. The Bertz CT molecular complexity index is 3750. The Morgan fingerprint density at radius 1 is 0.232 bits per heavy atom. The predicted octanol–water partition coefficient (Wildman–Crippen LogP) is 17.2. The Balaban J connectivity index is 1.10. The molecule has 1 nitrogen and oxygen atoms in total. The first-order valence-corrected chi connectivity index (χ1v) is 24.2. The van der Waals surface area contributed by atoms with E-state index >= 15 is 0 Å². The zero-order chi connectivity index (χ0) is 45.3. The van der Waals surface area contributed by atoms with Gasteiger partial charge in [-0.25, -0.2) is 0 Å². The number of anilines is 3. The van der Waals surface area contributed by atoms with Gasteiger partial charge in [-0.05, 0) is 130 Å². The maximum Gasteiger partial charge on any atom is 0.0746 e. The smallest absolute Gasteiger partial charge is 0.0746 e. The lowest BCUT2D eigenvalue weighted by Crippen LogP contribution is -2.28. The molecule has 4 aliphatic carbocycles. The van der Waals surface area contributed by atoms with Gasteiger partial charge in [-0.15, -0.1) is 0 Å². The SMILES string of the molecule is c1ccc(-c2cc(-c3ccccc3)cc(N(c3cccc4c3-c3ccccc3C43c4ccccc4-c4ccccc43)c3cccc4c3C3(c5ccccc5-c5ccccc53)c3ccccc3-4)c2)cc1. The lowest BCUT2D eigenvalue weighted by molar-refractivity contribution is 0.791. The van der Waals surface area contributed by atoms with E-state index < -0.39 is 10.8 Å². The van der Waals surface area contributed by atoms with Gasteiger partial charge in [0.2, 0.25) is 0 Å². The first-order chi connectivity index (χ1) is 34.3. The molecule has 320 valence electrons. The molecular weight excluding hydrogens is 831 g/mol. The van der Waals surface area contributed by atoms with Gasteiger partial charge in [-0.2, -0.15) is 0 Å². The maximum atomic E-state index is 2.65. The molecular formula is C68H43N. The summed E-state index contributed by atoms with van der Waals surface area (Å²) < 4.78 is 0. The fraction of sp³-hybridized carbons (Fsp3) is 0.0294. The van der Waals surface area contributed by atoms with Crippen LogP contribution in [-0.4, -0.2) is 0 Å². The van der Waals surface area contributed by atoms with Crippen LogP contribution >= 0.6 is 0 Å². The van der Waals surface area contributed by atoms with Gasteiger partial charge in [0.1, 0.15) is 0 Å². The topological polar surface area (TPSA) is 3.24 Å². The maximum absolute atomic E-state index is 2.65. The molecule has 0 saturated heterocycles. The number of hydrogen-bond donors (Lipinski definition) is 0. The number of fused-ring (bicyclic) bond motifs is 20. The molecule has 0 N–H and O–H groups in total. The molecule has 0 atom stereocenters. The van der Waals surface area contributed by atoms with Crippen LogP contribution < -0.4 is 4.90 Å². The average Bonchev–Trinajstić information content (AvgIpc) is 4.11. The van der Waals surface area contributed by atoms with Crippen LogP contribution in [0.2, 0.25) is 0 Å². The predicted molar refractivity (Wildman–Crippen MR) is 285 cm³/mol. The molecule has 69 heavy (non-hydrogen) atoms. The highest BCUT2D eigenvalue weighted by Gasteiger charge is 2.55. The van der Waals surface area contributed by atoms with E-state index in [0.717, 1.165) is 11.4 Å². The molecule has 0 fully saturated rings. The molecule has 0 heterocycles. The molecule has 0 radical (unpaired) electrons. The normalized spacial score (nSPS) is 14.0. The second-order valence-electron chi connectivity index (χ2n) is 19.0. The summed E-state index contributed by atoms with van der Waals surface area (Å²) in [5.41, 5.74) is 28.0. The third-order valence-corrected chi connectivity index (χ3v) is 15.9. The number of nitrogens with zero attached hydrogens (tertiary/aromatic N) is 1. The fourth-order valence-corrected chi connectivity index (χ4v) is 13.4. The summed E-state index contributed by atoms with van der Waals surface area (Å²) in [6, 6.07) is 98.2. The highest BCUT2D eigenvalue weighted by molar-refractivity contribution is 6.05. The highest BCUT2D eigenvalue weighted by Crippen LogP contribution is 2.68. The molecule has 1 heteroatoms. The van der Waals surface area contributed by atoms with Gasteiger partial charge < -0.3 is 4.90 Å². The van der Waals surface area contributed by atoms with E-state index in [4.69, 9.17) is 0 Å². The van der Waals surface area contributed by atoms with E-state index in [2.05, 4.69) is 266 Å². The van der Waals surface area contributed by atoms with E-state index in [1.165, 1.54) is 117 Å². The minimum Gasteiger partial charge on any atom is -0.309 e. The molecule has 2 spiro atoms. The zero-order valence-corrected chi connectivity index (χ0v) is 37.8. The van der Waals surface area contributed by atoms with Gasteiger partial charge in [0.05, 0.1) is 22.2 Å². The standard InChI is InChI=1S/C68H43N/c1-3-21-44(22-4-1)46-41-47(45-23-5-2-6-24-45)43-48(42-46)69(63-39-20-38-62-65(63)55-30-12-18-37-61(55)67(62)56-32-13-7-25-49(56)50-26-8-14-33-57(50)67)64-40-19-31-54-53-29-11-17-36-60(53)68(66(54)64)58-34-15-9-27-51(58)52-28-10-16-35-59(52)68/h1-43H. The molecule has 0 aromatic heterocycles. The minimum atomic E-state index is -0.576. The van der Waals surface area contributed by atoms with E-state index in [9.17, 15) is 0 Å². The van der Waals surface area contributed by atoms with Crippen molar-refractivity contribution in [2.75, 3.05) is 4.90 Å². The van der Waals surface area contributed by atoms with Gasteiger partial charge in [-0.3, -0.25) is 0 Å². The van der Waals surface area contributed by atoms with Gasteiger partial charge in [0.15, 0.2) is 0 Å². The van der Waals surface area contributed by atoms with Crippen molar-refractivity contribution in [2.45, 2.75) is 10.8 Å². The average molecular weight is 874 g/mol. The summed E-state index contributed by atoms with van der Waals surface area (Å²) >= 11 is 0. The Morgan fingerprint density at radius 2 is 0.580 bits per heavy atom. The van der Waals surface area contributed by atoms with Crippen LogP contribution in [0.1, 0.15) is 44.5 Å². The Labute approximate surface area is 402 Å². The van der Waals surface area contributed by atoms with Crippen molar-refractivity contribution >= 4 is 17.1 Å². The van der Waals surface area contributed by atoms with Gasteiger partial charge in [-0.1, -0.05) is 231 Å². The summed E-state index contributed by atoms with van der Waals surface area (Å²) in [7, 11) is 0. The van der Waals surface area contributed by atoms with E-state index in [-0.39, 0.29) is 0 Å². The monoisotopic (exact) mass is 873 g/mol. The van der Waals surface area contributed by atoms with Crippen molar-refractivity contribution in [3.63, 3.8) is 0 Å². The number of rotatable bonds is 5. The summed E-state index contributed by atoms with van der Waals surface area (Å²) in [5.74, 6) is 0.